The number of thioether (sulfide) groups is 1. The van der Waals surface area contributed by atoms with E-state index < -0.39 is 11.2 Å². The van der Waals surface area contributed by atoms with Crippen LogP contribution in [0.15, 0.2) is 4.34 Å². The Morgan fingerprint density at radius 3 is 2.71 bits per heavy atom. The molecule has 1 aromatic rings. The van der Waals surface area contributed by atoms with Crippen LogP contribution < -0.4 is 0 Å². The molecule has 0 radical (unpaired) electrons. The van der Waals surface area contributed by atoms with Gasteiger partial charge in [0.2, 0.25) is 11.8 Å². The first kappa shape index (κ1) is 16.0. The van der Waals surface area contributed by atoms with Gasteiger partial charge in [-0.3, -0.25) is 19.3 Å². The first-order valence-electron chi connectivity index (χ1n) is 6.50. The molecule has 2 amide bonds. The molecule has 2 heterocycles. The highest BCUT2D eigenvalue weighted by Crippen LogP contribution is 2.35. The Morgan fingerprint density at radius 2 is 2.19 bits per heavy atom. The summed E-state index contributed by atoms with van der Waals surface area (Å²) in [6.45, 7) is 5.36. The number of aryl methyl sites for hydroxylation is 1. The Labute approximate surface area is 130 Å². The molecular weight excluding hydrogens is 312 g/mol. The Kier molecular flexibility index (Phi) is 4.67. The fraction of sp³-hybridized carbons (Fsp3) is 0.538. The number of carbonyl (C=O) groups excluding carboxylic acids is 2. The van der Waals surface area contributed by atoms with Crippen LogP contribution in [0.1, 0.15) is 30.8 Å². The lowest BCUT2D eigenvalue weighted by atomic mass is 10.3. The second-order valence-electron chi connectivity index (χ2n) is 5.07. The smallest absolute Gasteiger partial charge is 0.308 e. The molecule has 8 heteroatoms. The Balaban J connectivity index is 2.11. The van der Waals surface area contributed by atoms with E-state index in [4.69, 9.17) is 5.11 Å². The Hall–Kier alpha value is -1.41. The standard InChI is InChI=1S/C13H16N2O4S2/c1-6(2)15-10(16)4-9(12(15)19)21-13-14-7(3)8(20-13)5-11(17)18/h6,9H,4-5H2,1-3H3,(H,17,18). The maximum absolute atomic E-state index is 12.2. The number of thiazole rings is 1. The molecule has 0 bridgehead atoms. The van der Waals surface area contributed by atoms with E-state index in [0.717, 1.165) is 0 Å². The van der Waals surface area contributed by atoms with Crippen molar-refractivity contribution in [2.45, 2.75) is 49.2 Å². The lowest BCUT2D eigenvalue weighted by Crippen LogP contribution is -2.37. The Morgan fingerprint density at radius 1 is 1.52 bits per heavy atom. The highest BCUT2D eigenvalue weighted by atomic mass is 32.2. The lowest BCUT2D eigenvalue weighted by molar-refractivity contribution is -0.140. The summed E-state index contributed by atoms with van der Waals surface area (Å²) in [7, 11) is 0. The van der Waals surface area contributed by atoms with E-state index in [9.17, 15) is 14.4 Å². The fourth-order valence-corrected chi connectivity index (χ4v) is 4.63. The summed E-state index contributed by atoms with van der Waals surface area (Å²) < 4.78 is 0.639. The summed E-state index contributed by atoms with van der Waals surface area (Å²) in [4.78, 5) is 41.1. The van der Waals surface area contributed by atoms with Crippen molar-refractivity contribution in [2.24, 2.45) is 0 Å². The molecule has 1 saturated heterocycles. The molecule has 114 valence electrons. The number of amides is 2. The van der Waals surface area contributed by atoms with E-state index in [1.54, 1.807) is 20.8 Å². The van der Waals surface area contributed by atoms with Crippen LogP contribution in [0, 0.1) is 6.92 Å². The number of hydrogen-bond acceptors (Lipinski definition) is 6. The van der Waals surface area contributed by atoms with Crippen molar-refractivity contribution >= 4 is 40.9 Å². The molecule has 1 atom stereocenters. The molecule has 0 aliphatic carbocycles. The largest absolute Gasteiger partial charge is 0.481 e. The van der Waals surface area contributed by atoms with E-state index in [0.29, 0.717) is 14.9 Å². The van der Waals surface area contributed by atoms with Gasteiger partial charge in [0.1, 0.15) is 0 Å². The van der Waals surface area contributed by atoms with Gasteiger partial charge in [-0.1, -0.05) is 11.8 Å². The number of carboxylic acid groups (broad SMARTS) is 1. The van der Waals surface area contributed by atoms with Crippen LogP contribution in [0.2, 0.25) is 0 Å². The average molecular weight is 328 g/mol. The third kappa shape index (κ3) is 3.44. The van der Waals surface area contributed by atoms with Gasteiger partial charge in [0.25, 0.3) is 0 Å². The van der Waals surface area contributed by atoms with E-state index in [-0.39, 0.29) is 30.7 Å². The maximum Gasteiger partial charge on any atom is 0.308 e. The molecular formula is C13H16N2O4S2. The molecule has 1 unspecified atom stereocenters. The lowest BCUT2D eigenvalue weighted by Gasteiger charge is -2.18. The van der Waals surface area contributed by atoms with Crippen LogP contribution in [-0.2, 0) is 20.8 Å². The van der Waals surface area contributed by atoms with Gasteiger partial charge >= 0.3 is 5.97 Å². The number of aliphatic carboxylic acids is 1. The number of imide groups is 1. The minimum atomic E-state index is -0.906. The molecule has 1 aliphatic rings. The zero-order chi connectivity index (χ0) is 15.7. The van der Waals surface area contributed by atoms with Crippen molar-refractivity contribution in [3.8, 4) is 0 Å². The summed E-state index contributed by atoms with van der Waals surface area (Å²) >= 11 is 2.53. The van der Waals surface area contributed by atoms with Crippen molar-refractivity contribution in [1.29, 1.82) is 0 Å². The monoisotopic (exact) mass is 328 g/mol. The maximum atomic E-state index is 12.2. The van der Waals surface area contributed by atoms with Gasteiger partial charge in [-0.05, 0) is 20.8 Å². The van der Waals surface area contributed by atoms with Crippen LogP contribution in [0.25, 0.3) is 0 Å². The second kappa shape index (κ2) is 6.15. The van der Waals surface area contributed by atoms with Crippen LogP contribution in [0.4, 0.5) is 0 Å². The molecule has 0 spiro atoms. The van der Waals surface area contributed by atoms with Crippen molar-refractivity contribution < 1.29 is 19.5 Å². The van der Waals surface area contributed by atoms with Gasteiger partial charge < -0.3 is 5.11 Å². The Bertz CT molecular complexity index is 597. The summed E-state index contributed by atoms with van der Waals surface area (Å²) in [5.74, 6) is -1.25. The summed E-state index contributed by atoms with van der Waals surface area (Å²) in [5.41, 5.74) is 0.669. The molecule has 0 saturated carbocycles. The number of rotatable bonds is 5. The van der Waals surface area contributed by atoms with Crippen LogP contribution in [0.3, 0.4) is 0 Å². The normalized spacial score (nSPS) is 18.9. The molecule has 1 aromatic heterocycles. The molecule has 6 nitrogen and oxygen atoms in total. The number of hydrogen-bond donors (Lipinski definition) is 1. The minimum absolute atomic E-state index is 0.0697. The number of aromatic nitrogens is 1. The zero-order valence-corrected chi connectivity index (χ0v) is 13.6. The number of likely N-dealkylation sites (tertiary alicyclic amines) is 1. The summed E-state index contributed by atoms with van der Waals surface area (Å²) in [6.07, 6.45) is 0.105. The van der Waals surface area contributed by atoms with Crippen LogP contribution in [-0.4, -0.2) is 44.1 Å². The van der Waals surface area contributed by atoms with E-state index in [2.05, 4.69) is 4.98 Å². The first-order chi connectivity index (χ1) is 9.79. The van der Waals surface area contributed by atoms with Gasteiger partial charge in [-0.2, -0.15) is 0 Å². The quantitative estimate of drug-likeness (QED) is 0.828. The van der Waals surface area contributed by atoms with Gasteiger partial charge in [-0.25, -0.2) is 4.98 Å². The topological polar surface area (TPSA) is 87.6 Å². The van der Waals surface area contributed by atoms with Gasteiger partial charge in [0, 0.05) is 17.3 Å². The molecule has 1 N–H and O–H groups in total. The predicted molar refractivity (Wildman–Crippen MR) is 79.4 cm³/mol. The highest BCUT2D eigenvalue weighted by Gasteiger charge is 2.40. The SMILES string of the molecule is Cc1nc(SC2CC(=O)N(C(C)C)C2=O)sc1CC(=O)O. The van der Waals surface area contributed by atoms with Crippen LogP contribution >= 0.6 is 23.1 Å². The van der Waals surface area contributed by atoms with Crippen LogP contribution in [0.5, 0.6) is 0 Å². The van der Waals surface area contributed by atoms with E-state index >= 15 is 0 Å². The highest BCUT2D eigenvalue weighted by molar-refractivity contribution is 8.02. The second-order valence-corrected chi connectivity index (χ2v) is 7.60. The average Bonchev–Trinajstić information content (AvgIpc) is 2.80. The van der Waals surface area contributed by atoms with E-state index in [1.807, 2.05) is 0 Å². The van der Waals surface area contributed by atoms with E-state index in [1.165, 1.54) is 28.0 Å². The van der Waals surface area contributed by atoms with Crippen molar-refractivity contribution in [1.82, 2.24) is 9.88 Å². The van der Waals surface area contributed by atoms with Crippen molar-refractivity contribution in [3.05, 3.63) is 10.6 Å². The summed E-state index contributed by atoms with van der Waals surface area (Å²) in [6, 6.07) is -0.142. The molecule has 21 heavy (non-hydrogen) atoms. The van der Waals surface area contributed by atoms with Crippen molar-refractivity contribution in [2.75, 3.05) is 0 Å². The minimum Gasteiger partial charge on any atom is -0.481 e. The number of carbonyl (C=O) groups is 3. The fourth-order valence-electron chi connectivity index (χ4n) is 2.13. The zero-order valence-electron chi connectivity index (χ0n) is 12.0. The van der Waals surface area contributed by atoms with Gasteiger partial charge in [0.05, 0.1) is 17.4 Å². The molecule has 2 rings (SSSR count). The first-order valence-corrected chi connectivity index (χ1v) is 8.20. The molecule has 1 fully saturated rings. The number of nitrogens with zero attached hydrogens (tertiary/aromatic N) is 2. The summed E-state index contributed by atoms with van der Waals surface area (Å²) in [5, 5.41) is 8.37. The van der Waals surface area contributed by atoms with Crippen molar-refractivity contribution in [3.63, 3.8) is 0 Å². The van der Waals surface area contributed by atoms with Gasteiger partial charge in [0.15, 0.2) is 4.34 Å². The third-order valence-corrected chi connectivity index (χ3v) is 5.52. The number of carboxylic acids is 1. The predicted octanol–water partition coefficient (Wildman–Crippen LogP) is 1.71. The third-order valence-electron chi connectivity index (χ3n) is 3.09. The van der Waals surface area contributed by atoms with Gasteiger partial charge in [-0.15, -0.1) is 11.3 Å². The molecule has 1 aliphatic heterocycles. The molecule has 0 aromatic carbocycles.